The SMILES string of the molecule is Cc1ccc(C2=Nc3ccccc3C(C=O)N2)cc1. The molecule has 0 amide bonds. The van der Waals surface area contributed by atoms with Gasteiger partial charge in [-0.15, -0.1) is 0 Å². The van der Waals surface area contributed by atoms with Crippen LogP contribution in [0.1, 0.15) is 22.7 Å². The molecule has 0 spiro atoms. The monoisotopic (exact) mass is 250 g/mol. The number of aldehydes is 1. The van der Waals surface area contributed by atoms with Crippen molar-refractivity contribution < 1.29 is 4.79 Å². The molecule has 1 atom stereocenters. The number of benzene rings is 2. The Hall–Kier alpha value is -2.42. The third kappa shape index (κ3) is 2.15. The second-order valence-corrected chi connectivity index (χ2v) is 4.64. The van der Waals surface area contributed by atoms with E-state index in [1.54, 1.807) is 0 Å². The molecule has 1 unspecified atom stereocenters. The fraction of sp³-hybridized carbons (Fsp3) is 0.125. The molecule has 0 saturated carbocycles. The molecular weight excluding hydrogens is 236 g/mol. The number of amidine groups is 1. The Kier molecular flexibility index (Phi) is 2.88. The van der Waals surface area contributed by atoms with Crippen molar-refractivity contribution in [2.75, 3.05) is 0 Å². The van der Waals surface area contributed by atoms with E-state index in [1.165, 1.54) is 5.56 Å². The van der Waals surface area contributed by atoms with Gasteiger partial charge in [0.25, 0.3) is 0 Å². The van der Waals surface area contributed by atoms with E-state index in [4.69, 9.17) is 0 Å². The normalized spacial score (nSPS) is 17.1. The maximum absolute atomic E-state index is 11.2. The van der Waals surface area contributed by atoms with E-state index in [2.05, 4.69) is 10.3 Å². The standard InChI is InChI=1S/C16H14N2O/c1-11-6-8-12(9-7-11)16-17-14-5-3-2-4-13(14)15(10-19)18-16/h2-10,15H,1H3,(H,17,18). The molecule has 1 aliphatic rings. The van der Waals surface area contributed by atoms with Gasteiger partial charge in [0, 0.05) is 11.1 Å². The summed E-state index contributed by atoms with van der Waals surface area (Å²) in [6.45, 7) is 2.05. The quantitative estimate of drug-likeness (QED) is 0.833. The Labute approximate surface area is 112 Å². The van der Waals surface area contributed by atoms with Crippen LogP contribution in [0.5, 0.6) is 0 Å². The van der Waals surface area contributed by atoms with Gasteiger partial charge >= 0.3 is 0 Å². The summed E-state index contributed by atoms with van der Waals surface area (Å²) in [5, 5.41) is 3.18. The molecule has 0 radical (unpaired) electrons. The molecule has 0 fully saturated rings. The molecule has 0 aromatic heterocycles. The summed E-state index contributed by atoms with van der Waals surface area (Å²) in [4.78, 5) is 15.8. The maximum atomic E-state index is 11.2. The largest absolute Gasteiger partial charge is 0.356 e. The fourth-order valence-corrected chi connectivity index (χ4v) is 2.20. The van der Waals surface area contributed by atoms with E-state index >= 15 is 0 Å². The zero-order valence-corrected chi connectivity index (χ0v) is 10.6. The number of para-hydroxylation sites is 1. The summed E-state index contributed by atoms with van der Waals surface area (Å²) in [6, 6.07) is 15.5. The predicted octanol–water partition coefficient (Wildman–Crippen LogP) is 2.92. The summed E-state index contributed by atoms with van der Waals surface area (Å²) in [5.74, 6) is 0.746. The molecule has 1 N–H and O–H groups in total. The minimum Gasteiger partial charge on any atom is -0.356 e. The van der Waals surface area contributed by atoms with E-state index in [0.717, 1.165) is 28.9 Å². The first-order chi connectivity index (χ1) is 9.28. The first-order valence-corrected chi connectivity index (χ1v) is 6.24. The van der Waals surface area contributed by atoms with Crippen molar-refractivity contribution in [1.29, 1.82) is 0 Å². The Morgan fingerprint density at radius 3 is 2.58 bits per heavy atom. The first kappa shape index (κ1) is 11.7. The molecule has 94 valence electrons. The van der Waals surface area contributed by atoms with Gasteiger partial charge < -0.3 is 10.1 Å². The number of carbonyl (C=O) groups is 1. The van der Waals surface area contributed by atoms with Crippen LogP contribution in [0, 0.1) is 6.92 Å². The number of nitrogens with one attached hydrogen (secondary N) is 1. The second kappa shape index (κ2) is 4.69. The van der Waals surface area contributed by atoms with Crippen LogP contribution in [0.4, 0.5) is 5.69 Å². The third-order valence-corrected chi connectivity index (χ3v) is 3.26. The number of carbonyl (C=O) groups excluding carboxylic acids is 1. The highest BCUT2D eigenvalue weighted by atomic mass is 16.1. The van der Waals surface area contributed by atoms with Crippen molar-refractivity contribution in [1.82, 2.24) is 5.32 Å². The summed E-state index contributed by atoms with van der Waals surface area (Å²) in [5.41, 5.74) is 3.97. The number of hydrogen-bond donors (Lipinski definition) is 1. The number of hydrogen-bond acceptors (Lipinski definition) is 3. The van der Waals surface area contributed by atoms with Gasteiger partial charge in [-0.1, -0.05) is 48.0 Å². The number of fused-ring (bicyclic) bond motifs is 1. The van der Waals surface area contributed by atoms with E-state index in [-0.39, 0.29) is 6.04 Å². The lowest BCUT2D eigenvalue weighted by molar-refractivity contribution is -0.109. The van der Waals surface area contributed by atoms with Crippen LogP contribution in [-0.4, -0.2) is 12.1 Å². The van der Waals surface area contributed by atoms with Crippen LogP contribution in [0.15, 0.2) is 53.5 Å². The lowest BCUT2D eigenvalue weighted by Gasteiger charge is -2.23. The summed E-state index contributed by atoms with van der Waals surface area (Å²) < 4.78 is 0. The average Bonchev–Trinajstić information content (AvgIpc) is 2.47. The minimum absolute atomic E-state index is 0.329. The second-order valence-electron chi connectivity index (χ2n) is 4.64. The zero-order valence-electron chi connectivity index (χ0n) is 10.6. The molecular formula is C16H14N2O. The van der Waals surface area contributed by atoms with Gasteiger partial charge in [-0.25, -0.2) is 4.99 Å². The number of nitrogens with zero attached hydrogens (tertiary/aromatic N) is 1. The Morgan fingerprint density at radius 1 is 1.11 bits per heavy atom. The van der Waals surface area contributed by atoms with E-state index in [0.29, 0.717) is 0 Å². The van der Waals surface area contributed by atoms with Crippen LogP contribution in [0.25, 0.3) is 0 Å². The predicted molar refractivity (Wildman–Crippen MR) is 75.8 cm³/mol. The van der Waals surface area contributed by atoms with Crippen LogP contribution in [-0.2, 0) is 4.79 Å². The number of rotatable bonds is 2. The van der Waals surface area contributed by atoms with E-state index in [9.17, 15) is 4.79 Å². The third-order valence-electron chi connectivity index (χ3n) is 3.26. The topological polar surface area (TPSA) is 41.5 Å². The molecule has 1 heterocycles. The molecule has 2 aromatic rings. The highest BCUT2D eigenvalue weighted by molar-refractivity contribution is 6.03. The first-order valence-electron chi connectivity index (χ1n) is 6.24. The molecule has 1 aliphatic heterocycles. The lowest BCUT2D eigenvalue weighted by Crippen LogP contribution is -2.32. The molecule has 2 aromatic carbocycles. The molecule has 3 heteroatoms. The van der Waals surface area contributed by atoms with Crippen LogP contribution in [0.3, 0.4) is 0 Å². The zero-order chi connectivity index (χ0) is 13.2. The summed E-state index contributed by atoms with van der Waals surface area (Å²) in [6.07, 6.45) is 0.918. The molecule has 3 rings (SSSR count). The van der Waals surface area contributed by atoms with Crippen molar-refractivity contribution in [3.63, 3.8) is 0 Å². The van der Waals surface area contributed by atoms with Crippen molar-refractivity contribution in [2.45, 2.75) is 13.0 Å². The number of aliphatic imine (C=N–C) groups is 1. The number of aryl methyl sites for hydroxylation is 1. The Bertz CT molecular complexity index is 644. The van der Waals surface area contributed by atoms with Gasteiger partial charge in [0.05, 0.1) is 5.69 Å². The van der Waals surface area contributed by atoms with Crippen molar-refractivity contribution >= 4 is 17.8 Å². The van der Waals surface area contributed by atoms with Gasteiger partial charge in [-0.2, -0.15) is 0 Å². The van der Waals surface area contributed by atoms with Crippen LogP contribution < -0.4 is 5.32 Å². The van der Waals surface area contributed by atoms with Gasteiger partial charge in [0.2, 0.25) is 0 Å². The highest BCUT2D eigenvalue weighted by Gasteiger charge is 2.21. The van der Waals surface area contributed by atoms with Gasteiger partial charge in [0.1, 0.15) is 18.2 Å². The lowest BCUT2D eigenvalue weighted by atomic mass is 10.0. The highest BCUT2D eigenvalue weighted by Crippen LogP contribution is 2.29. The Balaban J connectivity index is 2.07. The van der Waals surface area contributed by atoms with E-state index in [1.807, 2.05) is 55.5 Å². The summed E-state index contributed by atoms with van der Waals surface area (Å²) in [7, 11) is 0. The smallest absolute Gasteiger partial charge is 0.146 e. The fourth-order valence-electron chi connectivity index (χ4n) is 2.20. The van der Waals surface area contributed by atoms with Crippen molar-refractivity contribution in [3.05, 3.63) is 65.2 Å². The summed E-state index contributed by atoms with van der Waals surface area (Å²) >= 11 is 0. The van der Waals surface area contributed by atoms with Crippen LogP contribution in [0.2, 0.25) is 0 Å². The van der Waals surface area contributed by atoms with E-state index < -0.39 is 0 Å². The maximum Gasteiger partial charge on any atom is 0.146 e. The van der Waals surface area contributed by atoms with Gasteiger partial charge in [0.15, 0.2) is 0 Å². The Morgan fingerprint density at radius 2 is 1.84 bits per heavy atom. The van der Waals surface area contributed by atoms with Crippen LogP contribution >= 0.6 is 0 Å². The van der Waals surface area contributed by atoms with Gasteiger partial charge in [-0.3, -0.25) is 0 Å². The molecule has 19 heavy (non-hydrogen) atoms. The van der Waals surface area contributed by atoms with Crippen molar-refractivity contribution in [2.24, 2.45) is 4.99 Å². The molecule has 3 nitrogen and oxygen atoms in total. The average molecular weight is 250 g/mol. The van der Waals surface area contributed by atoms with Gasteiger partial charge in [-0.05, 0) is 13.0 Å². The van der Waals surface area contributed by atoms with Crippen molar-refractivity contribution in [3.8, 4) is 0 Å². The molecule has 0 aliphatic carbocycles. The molecule has 0 saturated heterocycles. The minimum atomic E-state index is -0.329. The molecule has 0 bridgehead atoms.